The van der Waals surface area contributed by atoms with Gasteiger partial charge in [0.15, 0.2) is 0 Å². The molecule has 3 rings (SSSR count). The summed E-state index contributed by atoms with van der Waals surface area (Å²) in [6.07, 6.45) is -0.0436. The minimum absolute atomic E-state index is 0.0436. The number of amides is 3. The predicted molar refractivity (Wildman–Crippen MR) is 89.4 cm³/mol. The summed E-state index contributed by atoms with van der Waals surface area (Å²) in [5.41, 5.74) is 1.46. The Bertz CT molecular complexity index is 811. The zero-order valence-electron chi connectivity index (χ0n) is 13.7. The van der Waals surface area contributed by atoms with E-state index in [2.05, 4.69) is 10.6 Å². The molecular formula is C17H20N4O3. The summed E-state index contributed by atoms with van der Waals surface area (Å²) in [7, 11) is 3.34. The number of nitrogens with zero attached hydrogens (tertiary/aromatic N) is 2. The highest BCUT2D eigenvalue weighted by atomic mass is 16.2. The molecule has 1 atom stereocenters. The normalized spacial score (nSPS) is 17.7. The van der Waals surface area contributed by atoms with Crippen molar-refractivity contribution in [2.75, 3.05) is 20.1 Å². The lowest BCUT2D eigenvalue weighted by Gasteiger charge is -2.34. The van der Waals surface area contributed by atoms with E-state index in [1.165, 1.54) is 11.9 Å². The van der Waals surface area contributed by atoms with Gasteiger partial charge in [-0.3, -0.25) is 14.4 Å². The molecule has 0 saturated carbocycles. The van der Waals surface area contributed by atoms with Crippen molar-refractivity contribution in [2.24, 2.45) is 7.05 Å². The van der Waals surface area contributed by atoms with E-state index in [1.807, 2.05) is 41.9 Å². The summed E-state index contributed by atoms with van der Waals surface area (Å²) >= 11 is 0. The van der Waals surface area contributed by atoms with E-state index >= 15 is 0 Å². The quantitative estimate of drug-likeness (QED) is 0.847. The molecule has 1 aliphatic heterocycles. The van der Waals surface area contributed by atoms with Crippen LogP contribution in [0.5, 0.6) is 0 Å². The van der Waals surface area contributed by atoms with E-state index in [-0.39, 0.29) is 24.1 Å². The summed E-state index contributed by atoms with van der Waals surface area (Å²) in [5, 5.41) is 6.19. The Morgan fingerprint density at radius 3 is 2.79 bits per heavy atom. The molecule has 1 saturated heterocycles. The molecule has 7 nitrogen and oxygen atoms in total. The van der Waals surface area contributed by atoms with Gasteiger partial charge in [-0.1, -0.05) is 18.2 Å². The number of aromatic nitrogens is 1. The number of hydrogen-bond donors (Lipinski definition) is 2. The average molecular weight is 328 g/mol. The van der Waals surface area contributed by atoms with Crippen LogP contribution in [-0.4, -0.2) is 53.4 Å². The van der Waals surface area contributed by atoms with E-state index < -0.39 is 6.04 Å². The smallest absolute Gasteiger partial charge is 0.271 e. The van der Waals surface area contributed by atoms with Gasteiger partial charge in [-0.15, -0.1) is 0 Å². The molecule has 2 aromatic rings. The van der Waals surface area contributed by atoms with Crippen LogP contribution < -0.4 is 10.6 Å². The lowest BCUT2D eigenvalue weighted by atomic mass is 10.1. The number of rotatable bonds is 3. The van der Waals surface area contributed by atoms with Gasteiger partial charge in [-0.25, -0.2) is 0 Å². The maximum Gasteiger partial charge on any atom is 0.271 e. The maximum absolute atomic E-state index is 13.0. The van der Waals surface area contributed by atoms with Crippen molar-refractivity contribution < 1.29 is 14.4 Å². The summed E-state index contributed by atoms with van der Waals surface area (Å²) in [6, 6.07) is 8.75. The monoisotopic (exact) mass is 328 g/mol. The molecule has 0 radical (unpaired) electrons. The van der Waals surface area contributed by atoms with Gasteiger partial charge in [0.2, 0.25) is 11.8 Å². The number of hydrogen-bond acceptors (Lipinski definition) is 3. The maximum atomic E-state index is 13.0. The molecule has 1 fully saturated rings. The first-order chi connectivity index (χ1) is 11.5. The Balaban J connectivity index is 1.94. The first-order valence-corrected chi connectivity index (χ1v) is 7.86. The van der Waals surface area contributed by atoms with Gasteiger partial charge in [-0.05, 0) is 12.1 Å². The molecule has 126 valence electrons. The Labute approximate surface area is 139 Å². The Hall–Kier alpha value is -2.83. The first-order valence-electron chi connectivity index (χ1n) is 7.86. The lowest BCUT2D eigenvalue weighted by Crippen LogP contribution is -2.58. The first kappa shape index (κ1) is 16.0. The highest BCUT2D eigenvalue weighted by Crippen LogP contribution is 2.21. The highest BCUT2D eigenvalue weighted by Gasteiger charge is 2.35. The zero-order chi connectivity index (χ0) is 17.3. The third kappa shape index (κ3) is 2.73. The van der Waals surface area contributed by atoms with Gasteiger partial charge in [0.1, 0.15) is 11.7 Å². The van der Waals surface area contributed by atoms with Crippen LogP contribution in [0.3, 0.4) is 0 Å². The second-order valence-electron chi connectivity index (χ2n) is 5.83. The third-order valence-corrected chi connectivity index (χ3v) is 4.42. The fourth-order valence-corrected chi connectivity index (χ4v) is 3.08. The molecular weight excluding hydrogens is 308 g/mol. The second kappa shape index (κ2) is 6.35. The number of aryl methyl sites for hydroxylation is 1. The van der Waals surface area contributed by atoms with Crippen molar-refractivity contribution in [3.8, 4) is 0 Å². The highest BCUT2D eigenvalue weighted by molar-refractivity contribution is 6.02. The number of nitrogens with one attached hydrogen (secondary N) is 2. The van der Waals surface area contributed by atoms with Crippen LogP contribution in [0.15, 0.2) is 30.3 Å². The Morgan fingerprint density at radius 2 is 2.08 bits per heavy atom. The molecule has 3 amide bonds. The zero-order valence-corrected chi connectivity index (χ0v) is 13.7. The van der Waals surface area contributed by atoms with Crippen LogP contribution in [0.2, 0.25) is 0 Å². The number of para-hydroxylation sites is 1. The van der Waals surface area contributed by atoms with E-state index in [9.17, 15) is 14.4 Å². The fraction of sp³-hybridized carbons (Fsp3) is 0.353. The van der Waals surface area contributed by atoms with Gasteiger partial charge in [0, 0.05) is 38.1 Å². The van der Waals surface area contributed by atoms with E-state index in [1.54, 1.807) is 0 Å². The van der Waals surface area contributed by atoms with Gasteiger partial charge in [0.25, 0.3) is 5.91 Å². The molecule has 7 heteroatoms. The van der Waals surface area contributed by atoms with Gasteiger partial charge >= 0.3 is 0 Å². The Morgan fingerprint density at radius 1 is 1.33 bits per heavy atom. The number of fused-ring (bicyclic) bond motifs is 1. The minimum Gasteiger partial charge on any atom is -0.359 e. The molecule has 0 spiro atoms. The largest absolute Gasteiger partial charge is 0.359 e. The standard InChI is InChI=1S/C17H20N4O3/c1-18-15(22)10-13-16(23)19-7-8-21(13)17(24)14-9-11-5-3-4-6-12(11)20(14)2/h3-6,9,13H,7-8,10H2,1-2H3,(H,18,22)(H,19,23)/t13-/m0/s1. The predicted octanol–water partition coefficient (Wildman–Crippen LogP) is 0.255. The van der Waals surface area contributed by atoms with Crippen molar-refractivity contribution in [1.29, 1.82) is 0 Å². The molecule has 1 aliphatic rings. The SMILES string of the molecule is CNC(=O)C[C@H]1C(=O)NCCN1C(=O)c1cc2ccccc2n1C. The second-order valence-corrected chi connectivity index (χ2v) is 5.83. The molecule has 0 aliphatic carbocycles. The fourth-order valence-electron chi connectivity index (χ4n) is 3.08. The lowest BCUT2D eigenvalue weighted by molar-refractivity contribution is -0.132. The van der Waals surface area contributed by atoms with Crippen LogP contribution in [0.4, 0.5) is 0 Å². The van der Waals surface area contributed by atoms with Crippen molar-refractivity contribution >= 4 is 28.6 Å². The van der Waals surface area contributed by atoms with Gasteiger partial charge in [-0.2, -0.15) is 0 Å². The molecule has 2 N–H and O–H groups in total. The van der Waals surface area contributed by atoms with Crippen LogP contribution in [0, 0.1) is 0 Å². The third-order valence-electron chi connectivity index (χ3n) is 4.42. The number of piperazine rings is 1. The van der Waals surface area contributed by atoms with Gasteiger partial charge in [0.05, 0.1) is 6.42 Å². The van der Waals surface area contributed by atoms with E-state index in [0.29, 0.717) is 18.8 Å². The molecule has 24 heavy (non-hydrogen) atoms. The van der Waals surface area contributed by atoms with Crippen LogP contribution >= 0.6 is 0 Å². The summed E-state index contributed by atoms with van der Waals surface area (Å²) in [4.78, 5) is 38.4. The summed E-state index contributed by atoms with van der Waals surface area (Å²) < 4.78 is 1.82. The number of benzene rings is 1. The summed E-state index contributed by atoms with van der Waals surface area (Å²) in [5.74, 6) is -0.804. The van der Waals surface area contributed by atoms with Crippen LogP contribution in [0.1, 0.15) is 16.9 Å². The molecule has 0 bridgehead atoms. The van der Waals surface area contributed by atoms with E-state index in [0.717, 1.165) is 10.9 Å². The van der Waals surface area contributed by atoms with Crippen LogP contribution in [-0.2, 0) is 16.6 Å². The molecule has 1 aromatic carbocycles. The number of carbonyl (C=O) groups is 3. The van der Waals surface area contributed by atoms with Crippen molar-refractivity contribution in [2.45, 2.75) is 12.5 Å². The topological polar surface area (TPSA) is 83.4 Å². The van der Waals surface area contributed by atoms with Crippen molar-refractivity contribution in [3.63, 3.8) is 0 Å². The van der Waals surface area contributed by atoms with Crippen molar-refractivity contribution in [1.82, 2.24) is 20.1 Å². The molecule has 0 unspecified atom stereocenters. The van der Waals surface area contributed by atoms with Crippen molar-refractivity contribution in [3.05, 3.63) is 36.0 Å². The Kier molecular flexibility index (Phi) is 4.24. The number of carbonyl (C=O) groups excluding carboxylic acids is 3. The van der Waals surface area contributed by atoms with E-state index in [4.69, 9.17) is 0 Å². The van der Waals surface area contributed by atoms with Crippen LogP contribution in [0.25, 0.3) is 10.9 Å². The summed E-state index contributed by atoms with van der Waals surface area (Å²) in [6.45, 7) is 0.770. The minimum atomic E-state index is -0.788. The molecule has 1 aromatic heterocycles. The van der Waals surface area contributed by atoms with Gasteiger partial charge < -0.3 is 20.1 Å². The molecule has 2 heterocycles. The average Bonchev–Trinajstić information content (AvgIpc) is 2.93.